The van der Waals surface area contributed by atoms with Crippen molar-refractivity contribution in [2.24, 2.45) is 5.73 Å². The van der Waals surface area contributed by atoms with Gasteiger partial charge in [-0.05, 0) is 46.2 Å². The Bertz CT molecular complexity index is 119. The molecule has 1 aliphatic carbocycles. The lowest BCUT2D eigenvalue weighted by Crippen LogP contribution is -2.45. The summed E-state index contributed by atoms with van der Waals surface area (Å²) in [7, 11) is 0. The maximum Gasteiger partial charge on any atom is 0.00979 e. The van der Waals surface area contributed by atoms with Crippen molar-refractivity contribution < 1.29 is 0 Å². The molecule has 72 valence electrons. The highest BCUT2D eigenvalue weighted by atomic mass is 15.2. The molecule has 1 rings (SSSR count). The Hall–Kier alpha value is -0.0800. The second kappa shape index (κ2) is 4.83. The summed E-state index contributed by atoms with van der Waals surface area (Å²) in [6.07, 6.45) is 5.39. The van der Waals surface area contributed by atoms with E-state index in [2.05, 4.69) is 18.7 Å². The molecule has 0 atom stereocenters. The van der Waals surface area contributed by atoms with Gasteiger partial charge in [0.2, 0.25) is 0 Å². The van der Waals surface area contributed by atoms with E-state index in [1.165, 1.54) is 25.8 Å². The van der Waals surface area contributed by atoms with E-state index in [9.17, 15) is 0 Å². The molecule has 0 amide bonds. The molecule has 12 heavy (non-hydrogen) atoms. The standard InChI is InChI=1S/C10H22N2/c1-9(2)12(8-4-7-11)10-5-3-6-10/h9-10H,3-8,11H2,1-2H3. The number of rotatable bonds is 5. The van der Waals surface area contributed by atoms with Crippen molar-refractivity contribution in [2.75, 3.05) is 13.1 Å². The zero-order valence-corrected chi connectivity index (χ0v) is 8.42. The molecule has 2 nitrogen and oxygen atoms in total. The Labute approximate surface area is 76.1 Å². The molecule has 1 saturated carbocycles. The smallest absolute Gasteiger partial charge is 0.00979 e. The van der Waals surface area contributed by atoms with Gasteiger partial charge in [-0.1, -0.05) is 6.42 Å². The second-order valence-corrected chi connectivity index (χ2v) is 4.06. The third kappa shape index (κ3) is 2.46. The fourth-order valence-corrected chi connectivity index (χ4v) is 1.85. The van der Waals surface area contributed by atoms with Crippen molar-refractivity contribution >= 4 is 0 Å². The van der Waals surface area contributed by atoms with Crippen LogP contribution in [0.5, 0.6) is 0 Å². The van der Waals surface area contributed by atoms with Gasteiger partial charge in [-0.3, -0.25) is 4.90 Å². The summed E-state index contributed by atoms with van der Waals surface area (Å²) in [5, 5.41) is 0. The molecule has 2 N–H and O–H groups in total. The molecule has 0 aromatic carbocycles. The number of hydrogen-bond donors (Lipinski definition) is 1. The van der Waals surface area contributed by atoms with Crippen molar-refractivity contribution in [1.29, 1.82) is 0 Å². The Morgan fingerprint density at radius 2 is 2.08 bits per heavy atom. The van der Waals surface area contributed by atoms with Crippen molar-refractivity contribution in [1.82, 2.24) is 4.90 Å². The average Bonchev–Trinajstić information content (AvgIpc) is 1.93. The van der Waals surface area contributed by atoms with Gasteiger partial charge in [0.25, 0.3) is 0 Å². The SMILES string of the molecule is CC(C)N(CCCN)C1CCC1. The highest BCUT2D eigenvalue weighted by Crippen LogP contribution is 2.26. The van der Waals surface area contributed by atoms with Gasteiger partial charge in [-0.15, -0.1) is 0 Å². The van der Waals surface area contributed by atoms with E-state index in [4.69, 9.17) is 5.73 Å². The maximum atomic E-state index is 5.51. The summed E-state index contributed by atoms with van der Waals surface area (Å²) in [6.45, 7) is 6.60. The quantitative estimate of drug-likeness (QED) is 0.679. The van der Waals surface area contributed by atoms with E-state index in [0.29, 0.717) is 6.04 Å². The van der Waals surface area contributed by atoms with Gasteiger partial charge in [0.05, 0.1) is 0 Å². The van der Waals surface area contributed by atoms with Gasteiger partial charge < -0.3 is 5.73 Å². The van der Waals surface area contributed by atoms with E-state index >= 15 is 0 Å². The Morgan fingerprint density at radius 3 is 2.42 bits per heavy atom. The van der Waals surface area contributed by atoms with Crippen LogP contribution in [-0.4, -0.2) is 30.1 Å². The van der Waals surface area contributed by atoms with Gasteiger partial charge in [0.1, 0.15) is 0 Å². The zero-order valence-electron chi connectivity index (χ0n) is 8.42. The Kier molecular flexibility index (Phi) is 4.02. The second-order valence-electron chi connectivity index (χ2n) is 4.06. The van der Waals surface area contributed by atoms with Gasteiger partial charge in [-0.2, -0.15) is 0 Å². The summed E-state index contributed by atoms with van der Waals surface area (Å²) in [5.74, 6) is 0. The molecule has 0 aliphatic heterocycles. The summed E-state index contributed by atoms with van der Waals surface area (Å²) >= 11 is 0. The van der Waals surface area contributed by atoms with E-state index in [-0.39, 0.29) is 0 Å². The van der Waals surface area contributed by atoms with Crippen molar-refractivity contribution in [3.05, 3.63) is 0 Å². The minimum atomic E-state index is 0.696. The van der Waals surface area contributed by atoms with Gasteiger partial charge >= 0.3 is 0 Å². The van der Waals surface area contributed by atoms with Crippen LogP contribution in [0.2, 0.25) is 0 Å². The highest BCUT2D eigenvalue weighted by Gasteiger charge is 2.25. The molecule has 2 heteroatoms. The highest BCUT2D eigenvalue weighted by molar-refractivity contribution is 4.81. The van der Waals surface area contributed by atoms with Crippen LogP contribution in [0.1, 0.15) is 39.5 Å². The minimum absolute atomic E-state index is 0.696. The van der Waals surface area contributed by atoms with E-state index in [1.54, 1.807) is 0 Å². The van der Waals surface area contributed by atoms with Crippen LogP contribution in [0.4, 0.5) is 0 Å². The lowest BCUT2D eigenvalue weighted by molar-refractivity contribution is 0.0939. The Balaban J connectivity index is 2.27. The van der Waals surface area contributed by atoms with Crippen LogP contribution < -0.4 is 5.73 Å². The first-order valence-corrected chi connectivity index (χ1v) is 5.21. The molecule has 0 radical (unpaired) electrons. The van der Waals surface area contributed by atoms with Crippen LogP contribution in [0, 0.1) is 0 Å². The summed E-state index contributed by atoms with van der Waals surface area (Å²) in [5.41, 5.74) is 5.51. The van der Waals surface area contributed by atoms with Crippen LogP contribution in [-0.2, 0) is 0 Å². The molecule has 0 spiro atoms. The van der Waals surface area contributed by atoms with E-state index in [0.717, 1.165) is 19.0 Å². The monoisotopic (exact) mass is 170 g/mol. The molecule has 0 aromatic heterocycles. The van der Waals surface area contributed by atoms with Crippen LogP contribution in [0.15, 0.2) is 0 Å². The first kappa shape index (κ1) is 10.0. The zero-order chi connectivity index (χ0) is 8.97. The number of hydrogen-bond acceptors (Lipinski definition) is 2. The number of nitrogens with two attached hydrogens (primary N) is 1. The van der Waals surface area contributed by atoms with Gasteiger partial charge in [0.15, 0.2) is 0 Å². The van der Waals surface area contributed by atoms with Gasteiger partial charge in [0, 0.05) is 12.1 Å². The normalized spacial score (nSPS) is 18.8. The van der Waals surface area contributed by atoms with E-state index in [1.807, 2.05) is 0 Å². The predicted molar refractivity (Wildman–Crippen MR) is 53.2 cm³/mol. The topological polar surface area (TPSA) is 29.3 Å². The molecule has 0 heterocycles. The summed E-state index contributed by atoms with van der Waals surface area (Å²) < 4.78 is 0. The van der Waals surface area contributed by atoms with Crippen molar-refractivity contribution in [3.63, 3.8) is 0 Å². The molecule has 0 unspecified atom stereocenters. The van der Waals surface area contributed by atoms with Gasteiger partial charge in [-0.25, -0.2) is 0 Å². The van der Waals surface area contributed by atoms with Crippen LogP contribution >= 0.6 is 0 Å². The number of nitrogens with zero attached hydrogens (tertiary/aromatic N) is 1. The lowest BCUT2D eigenvalue weighted by Gasteiger charge is -2.40. The molecule has 0 bridgehead atoms. The first-order valence-electron chi connectivity index (χ1n) is 5.21. The third-order valence-electron chi connectivity index (χ3n) is 2.83. The predicted octanol–water partition coefficient (Wildman–Crippen LogP) is 1.60. The molecule has 1 fully saturated rings. The average molecular weight is 170 g/mol. The summed E-state index contributed by atoms with van der Waals surface area (Å²) in [6, 6.07) is 1.57. The maximum absolute atomic E-state index is 5.51. The molecular weight excluding hydrogens is 148 g/mol. The van der Waals surface area contributed by atoms with Crippen molar-refractivity contribution in [2.45, 2.75) is 51.6 Å². The fourth-order valence-electron chi connectivity index (χ4n) is 1.85. The third-order valence-corrected chi connectivity index (χ3v) is 2.83. The van der Waals surface area contributed by atoms with Crippen LogP contribution in [0.3, 0.4) is 0 Å². The largest absolute Gasteiger partial charge is 0.330 e. The lowest BCUT2D eigenvalue weighted by atomic mass is 9.90. The van der Waals surface area contributed by atoms with Crippen molar-refractivity contribution in [3.8, 4) is 0 Å². The molecule has 1 aliphatic rings. The minimum Gasteiger partial charge on any atom is -0.330 e. The summed E-state index contributed by atoms with van der Waals surface area (Å²) in [4.78, 5) is 2.61. The molecular formula is C10H22N2. The molecule has 0 aromatic rings. The first-order chi connectivity index (χ1) is 5.75. The van der Waals surface area contributed by atoms with Crippen LogP contribution in [0.25, 0.3) is 0 Å². The Morgan fingerprint density at radius 1 is 1.42 bits per heavy atom. The fraction of sp³-hybridized carbons (Fsp3) is 1.00. The van der Waals surface area contributed by atoms with E-state index < -0.39 is 0 Å². The molecule has 0 saturated heterocycles.